The highest BCUT2D eigenvalue weighted by atomic mass is 16.5. The first kappa shape index (κ1) is 11.6. The average Bonchev–Trinajstić information content (AvgIpc) is 2.94. The highest BCUT2D eigenvalue weighted by molar-refractivity contribution is 5.90. The van der Waals surface area contributed by atoms with Crippen LogP contribution in [0.5, 0.6) is 5.75 Å². The van der Waals surface area contributed by atoms with E-state index in [1.165, 1.54) is 0 Å². The maximum Gasteiger partial charge on any atom is 0.319 e. The minimum atomic E-state index is -0.191. The highest BCUT2D eigenvalue weighted by Crippen LogP contribution is 2.29. The predicted octanol–water partition coefficient (Wildman–Crippen LogP) is 1.81. The molecule has 1 aliphatic rings. The van der Waals surface area contributed by atoms with Gasteiger partial charge in [-0.1, -0.05) is 6.92 Å². The molecule has 2 unspecified atom stereocenters. The molecule has 2 rings (SSSR count). The standard InChI is InChI=1S/C12H17N3O2/c1-7-5-10(7)15-12(16)14-8-3-4-11(17-2)9(13)6-8/h3-4,6-7,10H,5,13H2,1-2H3,(H2,14,15,16). The summed E-state index contributed by atoms with van der Waals surface area (Å²) >= 11 is 0. The summed E-state index contributed by atoms with van der Waals surface area (Å²) in [6.45, 7) is 2.11. The van der Waals surface area contributed by atoms with Crippen LogP contribution in [0.3, 0.4) is 0 Å². The van der Waals surface area contributed by atoms with Crippen LogP contribution < -0.4 is 21.1 Å². The molecule has 17 heavy (non-hydrogen) atoms. The monoisotopic (exact) mass is 235 g/mol. The number of carbonyl (C=O) groups is 1. The normalized spacial score (nSPS) is 21.8. The molecule has 5 nitrogen and oxygen atoms in total. The number of hydrogen-bond donors (Lipinski definition) is 3. The Bertz CT molecular complexity index is 434. The second-order valence-corrected chi connectivity index (χ2v) is 4.37. The van der Waals surface area contributed by atoms with Crippen molar-refractivity contribution in [3.05, 3.63) is 18.2 Å². The van der Waals surface area contributed by atoms with Crippen LogP contribution in [0, 0.1) is 5.92 Å². The van der Waals surface area contributed by atoms with Gasteiger partial charge in [-0.25, -0.2) is 4.79 Å². The summed E-state index contributed by atoms with van der Waals surface area (Å²) < 4.78 is 5.04. The van der Waals surface area contributed by atoms with Gasteiger partial charge in [-0.2, -0.15) is 0 Å². The average molecular weight is 235 g/mol. The number of amides is 2. The van der Waals surface area contributed by atoms with Gasteiger partial charge in [0.25, 0.3) is 0 Å². The van der Waals surface area contributed by atoms with Gasteiger partial charge in [0.1, 0.15) is 5.75 Å². The Kier molecular flexibility index (Phi) is 3.08. The first-order chi connectivity index (χ1) is 8.10. The lowest BCUT2D eigenvalue weighted by Crippen LogP contribution is -2.31. The Labute approximate surface area is 100 Å². The summed E-state index contributed by atoms with van der Waals surface area (Å²) in [7, 11) is 1.56. The molecule has 0 spiro atoms. The lowest BCUT2D eigenvalue weighted by atomic mass is 10.2. The molecule has 1 aliphatic carbocycles. The van der Waals surface area contributed by atoms with Crippen LogP contribution in [-0.4, -0.2) is 19.2 Å². The smallest absolute Gasteiger partial charge is 0.319 e. The van der Waals surface area contributed by atoms with E-state index in [1.54, 1.807) is 25.3 Å². The van der Waals surface area contributed by atoms with Crippen LogP contribution in [0.1, 0.15) is 13.3 Å². The fourth-order valence-corrected chi connectivity index (χ4v) is 1.67. The number of hydrogen-bond acceptors (Lipinski definition) is 3. The number of anilines is 2. The molecule has 0 radical (unpaired) electrons. The molecule has 1 saturated carbocycles. The largest absolute Gasteiger partial charge is 0.495 e. The van der Waals surface area contributed by atoms with Crippen molar-refractivity contribution in [2.24, 2.45) is 5.92 Å². The van der Waals surface area contributed by atoms with E-state index in [1.807, 2.05) is 0 Å². The van der Waals surface area contributed by atoms with E-state index in [-0.39, 0.29) is 6.03 Å². The summed E-state index contributed by atoms with van der Waals surface area (Å²) in [6.07, 6.45) is 1.05. The first-order valence-corrected chi connectivity index (χ1v) is 5.61. The Morgan fingerprint density at radius 1 is 1.53 bits per heavy atom. The Morgan fingerprint density at radius 2 is 2.24 bits per heavy atom. The Hall–Kier alpha value is -1.91. The summed E-state index contributed by atoms with van der Waals surface area (Å²) in [5.74, 6) is 1.19. The molecular formula is C12H17N3O2. The number of nitrogens with two attached hydrogens (primary N) is 1. The lowest BCUT2D eigenvalue weighted by molar-refractivity contribution is 0.251. The molecule has 1 fully saturated rings. The molecule has 4 N–H and O–H groups in total. The van der Waals surface area contributed by atoms with Crippen LogP contribution in [0.2, 0.25) is 0 Å². The molecule has 0 saturated heterocycles. The van der Waals surface area contributed by atoms with Crippen molar-refractivity contribution in [3.63, 3.8) is 0 Å². The number of ether oxygens (including phenoxy) is 1. The number of rotatable bonds is 3. The molecule has 5 heteroatoms. The van der Waals surface area contributed by atoms with Crippen molar-refractivity contribution in [3.8, 4) is 5.75 Å². The fourth-order valence-electron chi connectivity index (χ4n) is 1.67. The van der Waals surface area contributed by atoms with Crippen LogP contribution in [-0.2, 0) is 0 Å². The third-order valence-electron chi connectivity index (χ3n) is 2.91. The fraction of sp³-hybridized carbons (Fsp3) is 0.417. The third kappa shape index (κ3) is 2.81. The van der Waals surface area contributed by atoms with E-state index in [9.17, 15) is 4.79 Å². The molecule has 1 aromatic carbocycles. The van der Waals surface area contributed by atoms with E-state index >= 15 is 0 Å². The van der Waals surface area contributed by atoms with Crippen molar-refractivity contribution in [2.45, 2.75) is 19.4 Å². The second kappa shape index (κ2) is 4.53. The summed E-state index contributed by atoms with van der Waals surface area (Å²) in [5, 5.41) is 5.62. The molecule has 2 amide bonds. The number of nitrogen functional groups attached to an aromatic ring is 1. The van der Waals surface area contributed by atoms with E-state index in [4.69, 9.17) is 10.5 Å². The molecule has 1 aromatic rings. The zero-order chi connectivity index (χ0) is 12.4. The van der Waals surface area contributed by atoms with Crippen LogP contribution in [0.25, 0.3) is 0 Å². The van der Waals surface area contributed by atoms with Crippen molar-refractivity contribution in [1.82, 2.24) is 5.32 Å². The number of nitrogens with one attached hydrogen (secondary N) is 2. The number of carbonyl (C=O) groups excluding carboxylic acids is 1. The van der Waals surface area contributed by atoms with Crippen molar-refractivity contribution >= 4 is 17.4 Å². The van der Waals surface area contributed by atoms with Gasteiger partial charge in [0.2, 0.25) is 0 Å². The van der Waals surface area contributed by atoms with Gasteiger partial charge in [-0.15, -0.1) is 0 Å². The molecular weight excluding hydrogens is 218 g/mol. The van der Waals surface area contributed by atoms with Gasteiger partial charge >= 0.3 is 6.03 Å². The van der Waals surface area contributed by atoms with Crippen LogP contribution in [0.15, 0.2) is 18.2 Å². The minimum absolute atomic E-state index is 0.191. The van der Waals surface area contributed by atoms with Gasteiger partial charge in [0, 0.05) is 11.7 Å². The van der Waals surface area contributed by atoms with Crippen molar-refractivity contribution in [1.29, 1.82) is 0 Å². The van der Waals surface area contributed by atoms with Gasteiger partial charge in [-0.3, -0.25) is 0 Å². The van der Waals surface area contributed by atoms with Gasteiger partial charge in [0.05, 0.1) is 12.8 Å². The molecule has 0 aliphatic heterocycles. The van der Waals surface area contributed by atoms with Crippen molar-refractivity contribution < 1.29 is 9.53 Å². The number of benzene rings is 1. The second-order valence-electron chi connectivity index (χ2n) is 4.37. The molecule has 2 atom stereocenters. The zero-order valence-corrected chi connectivity index (χ0v) is 9.99. The van der Waals surface area contributed by atoms with Crippen LogP contribution >= 0.6 is 0 Å². The molecule has 0 heterocycles. The maximum atomic E-state index is 11.6. The molecule has 0 aromatic heterocycles. The highest BCUT2D eigenvalue weighted by Gasteiger charge is 2.33. The maximum absolute atomic E-state index is 11.6. The third-order valence-corrected chi connectivity index (χ3v) is 2.91. The van der Waals surface area contributed by atoms with E-state index in [2.05, 4.69) is 17.6 Å². The van der Waals surface area contributed by atoms with E-state index in [0.717, 1.165) is 6.42 Å². The van der Waals surface area contributed by atoms with Gasteiger partial charge in [0.15, 0.2) is 0 Å². The first-order valence-electron chi connectivity index (χ1n) is 5.61. The SMILES string of the molecule is COc1ccc(NC(=O)NC2CC2C)cc1N. The van der Waals surface area contributed by atoms with Gasteiger partial charge in [-0.05, 0) is 30.5 Å². The van der Waals surface area contributed by atoms with Crippen LogP contribution in [0.4, 0.5) is 16.2 Å². The van der Waals surface area contributed by atoms with Crippen molar-refractivity contribution in [2.75, 3.05) is 18.2 Å². The van der Waals surface area contributed by atoms with E-state index < -0.39 is 0 Å². The summed E-state index contributed by atoms with van der Waals surface area (Å²) in [5.41, 5.74) is 6.91. The van der Waals surface area contributed by atoms with Gasteiger partial charge < -0.3 is 21.1 Å². The quantitative estimate of drug-likeness (QED) is 0.699. The summed E-state index contributed by atoms with van der Waals surface area (Å²) in [4.78, 5) is 11.6. The number of urea groups is 1. The molecule has 92 valence electrons. The Morgan fingerprint density at radius 3 is 2.76 bits per heavy atom. The number of methoxy groups -OCH3 is 1. The predicted molar refractivity (Wildman–Crippen MR) is 67.1 cm³/mol. The Balaban J connectivity index is 1.94. The lowest BCUT2D eigenvalue weighted by Gasteiger charge is -2.09. The minimum Gasteiger partial charge on any atom is -0.495 e. The topological polar surface area (TPSA) is 76.4 Å². The molecule has 0 bridgehead atoms. The van der Waals surface area contributed by atoms with E-state index in [0.29, 0.717) is 29.1 Å². The summed E-state index contributed by atoms with van der Waals surface area (Å²) in [6, 6.07) is 5.28. The zero-order valence-electron chi connectivity index (χ0n) is 9.99.